The molecule has 0 saturated carbocycles. The Bertz CT molecular complexity index is 494. The molecule has 0 aliphatic carbocycles. The molecule has 1 fully saturated rings. The molecule has 1 aromatic carbocycles. The van der Waals surface area contributed by atoms with Crippen LogP contribution in [0.3, 0.4) is 0 Å². The fourth-order valence-electron chi connectivity index (χ4n) is 1.93. The van der Waals surface area contributed by atoms with Crippen molar-refractivity contribution < 1.29 is 0 Å². The Balaban J connectivity index is 0.000000963. The number of benzene rings is 1. The number of rotatable bonds is 1. The summed E-state index contributed by atoms with van der Waals surface area (Å²) >= 11 is 5.28. The minimum atomic E-state index is 0. The van der Waals surface area contributed by atoms with E-state index in [1.807, 2.05) is 0 Å². The summed E-state index contributed by atoms with van der Waals surface area (Å²) < 4.78 is 2.40. The van der Waals surface area contributed by atoms with Gasteiger partial charge < -0.3 is 4.90 Å². The van der Waals surface area contributed by atoms with E-state index in [1.165, 1.54) is 35.8 Å². The van der Waals surface area contributed by atoms with E-state index in [1.54, 1.807) is 11.3 Å². The molecule has 0 atom stereocenters. The lowest BCUT2D eigenvalue weighted by Crippen LogP contribution is -2.16. The molecule has 2 heterocycles. The van der Waals surface area contributed by atoms with Crippen LogP contribution >= 0.6 is 39.7 Å². The maximum absolute atomic E-state index is 4.66. The fraction of sp³-hybridized carbons (Fsp3) is 0.364. The van der Waals surface area contributed by atoms with Gasteiger partial charge in [0.25, 0.3) is 0 Å². The Morgan fingerprint density at radius 1 is 1.25 bits per heavy atom. The number of nitrogens with zero attached hydrogens (tertiary/aromatic N) is 2. The summed E-state index contributed by atoms with van der Waals surface area (Å²) in [5.74, 6) is 0. The van der Waals surface area contributed by atoms with E-state index >= 15 is 0 Å². The summed E-state index contributed by atoms with van der Waals surface area (Å²) in [6.45, 7) is 2.34. The van der Waals surface area contributed by atoms with Gasteiger partial charge in [0, 0.05) is 17.6 Å². The molecule has 86 valence electrons. The van der Waals surface area contributed by atoms with E-state index in [2.05, 4.69) is 44.0 Å². The Labute approximate surface area is 113 Å². The van der Waals surface area contributed by atoms with Crippen LogP contribution in [0, 0.1) is 0 Å². The molecule has 0 spiro atoms. The standard InChI is InChI=1S/C11H11BrN2S.ClH/c12-8-3-4-9-10(7-8)15-11(13-9)14-5-1-2-6-14;/h3-4,7H,1-2,5-6H2;1H. The number of hydrogen-bond acceptors (Lipinski definition) is 3. The average molecular weight is 320 g/mol. The molecule has 0 unspecified atom stereocenters. The highest BCUT2D eigenvalue weighted by Crippen LogP contribution is 2.32. The van der Waals surface area contributed by atoms with Crippen molar-refractivity contribution in [3.63, 3.8) is 0 Å². The molecular weight excluding hydrogens is 308 g/mol. The van der Waals surface area contributed by atoms with Gasteiger partial charge in [-0.05, 0) is 31.0 Å². The van der Waals surface area contributed by atoms with Crippen molar-refractivity contribution in [1.82, 2.24) is 4.98 Å². The van der Waals surface area contributed by atoms with Gasteiger partial charge in [-0.1, -0.05) is 27.3 Å². The van der Waals surface area contributed by atoms with Crippen LogP contribution in [0.1, 0.15) is 12.8 Å². The maximum Gasteiger partial charge on any atom is 0.186 e. The number of aromatic nitrogens is 1. The number of thiazole rings is 1. The first-order chi connectivity index (χ1) is 7.33. The van der Waals surface area contributed by atoms with Crippen molar-refractivity contribution in [2.45, 2.75) is 12.8 Å². The Kier molecular flexibility index (Phi) is 3.72. The minimum absolute atomic E-state index is 0. The maximum atomic E-state index is 4.66. The van der Waals surface area contributed by atoms with Crippen molar-refractivity contribution in [3.8, 4) is 0 Å². The quantitative estimate of drug-likeness (QED) is 0.787. The number of fused-ring (bicyclic) bond motifs is 1. The normalized spacial score (nSPS) is 15.4. The zero-order valence-corrected chi connectivity index (χ0v) is 11.9. The van der Waals surface area contributed by atoms with Gasteiger partial charge in [-0.3, -0.25) is 0 Å². The van der Waals surface area contributed by atoms with Gasteiger partial charge >= 0.3 is 0 Å². The second-order valence-electron chi connectivity index (χ2n) is 3.80. The van der Waals surface area contributed by atoms with Gasteiger partial charge in [0.05, 0.1) is 10.2 Å². The molecule has 1 saturated heterocycles. The van der Waals surface area contributed by atoms with Crippen molar-refractivity contribution in [3.05, 3.63) is 22.7 Å². The monoisotopic (exact) mass is 318 g/mol. The number of anilines is 1. The molecule has 0 N–H and O–H groups in total. The summed E-state index contributed by atoms with van der Waals surface area (Å²) in [4.78, 5) is 7.05. The summed E-state index contributed by atoms with van der Waals surface area (Å²) in [5, 5.41) is 1.18. The first-order valence-corrected chi connectivity index (χ1v) is 6.75. The summed E-state index contributed by atoms with van der Waals surface area (Å²) in [5.41, 5.74) is 1.12. The van der Waals surface area contributed by atoms with Gasteiger partial charge in [-0.15, -0.1) is 12.4 Å². The Hall–Kier alpha value is -0.320. The molecule has 0 radical (unpaired) electrons. The third-order valence-electron chi connectivity index (χ3n) is 2.72. The molecule has 1 aliphatic rings. The summed E-state index contributed by atoms with van der Waals surface area (Å²) in [6, 6.07) is 6.28. The molecular formula is C11H12BrClN2S. The van der Waals surface area contributed by atoms with Crippen LogP contribution in [-0.2, 0) is 0 Å². The van der Waals surface area contributed by atoms with E-state index in [0.717, 1.165) is 9.99 Å². The van der Waals surface area contributed by atoms with Gasteiger partial charge in [0.1, 0.15) is 0 Å². The third kappa shape index (κ3) is 2.19. The van der Waals surface area contributed by atoms with Crippen LogP contribution in [0.2, 0.25) is 0 Å². The lowest BCUT2D eigenvalue weighted by molar-refractivity contribution is 0.949. The highest BCUT2D eigenvalue weighted by Gasteiger charge is 2.16. The fourth-order valence-corrected chi connectivity index (χ4v) is 3.50. The average Bonchev–Trinajstić information content (AvgIpc) is 2.84. The highest BCUT2D eigenvalue weighted by molar-refractivity contribution is 9.10. The first-order valence-electron chi connectivity index (χ1n) is 5.14. The largest absolute Gasteiger partial charge is 0.348 e. The molecule has 1 aliphatic heterocycles. The van der Waals surface area contributed by atoms with E-state index in [-0.39, 0.29) is 12.4 Å². The van der Waals surface area contributed by atoms with Crippen LogP contribution < -0.4 is 4.90 Å². The topological polar surface area (TPSA) is 16.1 Å². The smallest absolute Gasteiger partial charge is 0.186 e. The van der Waals surface area contributed by atoms with E-state index in [9.17, 15) is 0 Å². The zero-order chi connectivity index (χ0) is 10.3. The predicted octanol–water partition coefficient (Wildman–Crippen LogP) is 4.08. The second-order valence-corrected chi connectivity index (χ2v) is 5.73. The summed E-state index contributed by atoms with van der Waals surface area (Å²) in [6.07, 6.45) is 2.61. The van der Waals surface area contributed by atoms with Gasteiger partial charge in [0.15, 0.2) is 5.13 Å². The molecule has 0 amide bonds. The summed E-state index contributed by atoms with van der Waals surface area (Å²) in [7, 11) is 0. The lowest BCUT2D eigenvalue weighted by Gasteiger charge is -2.11. The molecule has 5 heteroatoms. The van der Waals surface area contributed by atoms with Crippen molar-refractivity contribution in [1.29, 1.82) is 0 Å². The van der Waals surface area contributed by atoms with Crippen LogP contribution in [0.15, 0.2) is 22.7 Å². The lowest BCUT2D eigenvalue weighted by atomic mass is 10.3. The zero-order valence-electron chi connectivity index (χ0n) is 8.65. The molecule has 2 nitrogen and oxygen atoms in total. The van der Waals surface area contributed by atoms with E-state index in [0.29, 0.717) is 0 Å². The highest BCUT2D eigenvalue weighted by atomic mass is 79.9. The van der Waals surface area contributed by atoms with Crippen LogP contribution in [0.5, 0.6) is 0 Å². The second kappa shape index (κ2) is 4.90. The molecule has 3 rings (SSSR count). The minimum Gasteiger partial charge on any atom is -0.348 e. The molecule has 2 aromatic rings. The Morgan fingerprint density at radius 3 is 2.75 bits per heavy atom. The SMILES string of the molecule is Brc1ccc2nc(N3CCCC3)sc2c1.Cl. The third-order valence-corrected chi connectivity index (χ3v) is 4.29. The van der Waals surface area contributed by atoms with Crippen molar-refractivity contribution in [2.75, 3.05) is 18.0 Å². The van der Waals surface area contributed by atoms with Gasteiger partial charge in [0.2, 0.25) is 0 Å². The van der Waals surface area contributed by atoms with Crippen LogP contribution in [0.25, 0.3) is 10.2 Å². The van der Waals surface area contributed by atoms with Gasteiger partial charge in [-0.2, -0.15) is 0 Å². The number of halogens is 2. The predicted molar refractivity (Wildman–Crippen MR) is 76.0 cm³/mol. The van der Waals surface area contributed by atoms with Crippen LogP contribution in [0.4, 0.5) is 5.13 Å². The first kappa shape index (κ1) is 12.1. The molecule has 1 aromatic heterocycles. The van der Waals surface area contributed by atoms with Crippen molar-refractivity contribution >= 4 is 55.0 Å². The van der Waals surface area contributed by atoms with Crippen molar-refractivity contribution in [2.24, 2.45) is 0 Å². The molecule has 16 heavy (non-hydrogen) atoms. The Morgan fingerprint density at radius 2 is 2.00 bits per heavy atom. The van der Waals surface area contributed by atoms with E-state index < -0.39 is 0 Å². The van der Waals surface area contributed by atoms with Gasteiger partial charge in [-0.25, -0.2) is 4.98 Å². The van der Waals surface area contributed by atoms with E-state index in [4.69, 9.17) is 0 Å². The van der Waals surface area contributed by atoms with Crippen LogP contribution in [-0.4, -0.2) is 18.1 Å². The number of hydrogen-bond donors (Lipinski definition) is 0. The molecule has 0 bridgehead atoms.